The second-order valence-electron chi connectivity index (χ2n) is 3.64. The largest absolute Gasteiger partial charge is 0.462 e. The standard InChI is InChI=1S/C11H16Cl3NO2/c1-5-8(12)10(13)11(14)15(4)6-9(16)17-7(2)3/h5,7H,6H2,1-4H3/b8-5+,11-10+. The van der Waals surface area contributed by atoms with E-state index in [0.29, 0.717) is 5.03 Å². The number of allylic oxidation sites excluding steroid dienone is 3. The number of hydrogen-bond acceptors (Lipinski definition) is 3. The molecule has 0 amide bonds. The number of likely N-dealkylation sites (N-methyl/N-ethyl adjacent to an activating group) is 1. The van der Waals surface area contributed by atoms with Gasteiger partial charge >= 0.3 is 5.97 Å². The van der Waals surface area contributed by atoms with E-state index in [4.69, 9.17) is 39.5 Å². The first kappa shape index (κ1) is 16.6. The normalized spacial score (nSPS) is 13.5. The Morgan fingerprint density at radius 2 is 1.88 bits per heavy atom. The Morgan fingerprint density at radius 3 is 2.29 bits per heavy atom. The fourth-order valence-corrected chi connectivity index (χ4v) is 1.51. The first-order chi connectivity index (χ1) is 7.79. The SMILES string of the molecule is C/C=C(Cl)\C(Cl)=C(\Cl)N(C)CC(=O)OC(C)C. The Bertz CT molecular complexity index is 338. The summed E-state index contributed by atoms with van der Waals surface area (Å²) >= 11 is 17.7. The Balaban J connectivity index is 4.61. The third-order valence-corrected chi connectivity index (χ3v) is 3.17. The maximum atomic E-state index is 11.4. The molecule has 0 aromatic carbocycles. The molecule has 6 heteroatoms. The average Bonchev–Trinajstić information content (AvgIpc) is 2.24. The molecule has 0 heterocycles. The fourth-order valence-electron chi connectivity index (χ4n) is 0.956. The topological polar surface area (TPSA) is 29.5 Å². The molecule has 0 fully saturated rings. The number of hydrogen-bond donors (Lipinski definition) is 0. The van der Waals surface area contributed by atoms with Crippen molar-refractivity contribution in [3.63, 3.8) is 0 Å². The molecule has 0 radical (unpaired) electrons. The molecule has 0 aliphatic carbocycles. The second kappa shape index (κ2) is 7.85. The molecule has 0 spiro atoms. The molecule has 0 aliphatic heterocycles. The van der Waals surface area contributed by atoms with Crippen molar-refractivity contribution >= 4 is 40.8 Å². The van der Waals surface area contributed by atoms with E-state index in [-0.39, 0.29) is 28.8 Å². The summed E-state index contributed by atoms with van der Waals surface area (Å²) in [4.78, 5) is 12.9. The highest BCUT2D eigenvalue weighted by atomic mass is 35.5. The maximum Gasteiger partial charge on any atom is 0.325 e. The molecule has 0 unspecified atom stereocenters. The van der Waals surface area contributed by atoms with Crippen LogP contribution in [0.1, 0.15) is 20.8 Å². The monoisotopic (exact) mass is 299 g/mol. The van der Waals surface area contributed by atoms with Crippen molar-refractivity contribution in [2.45, 2.75) is 26.9 Å². The number of halogens is 3. The van der Waals surface area contributed by atoms with E-state index < -0.39 is 0 Å². The van der Waals surface area contributed by atoms with Crippen LogP contribution in [0.15, 0.2) is 21.3 Å². The molecule has 0 saturated carbocycles. The predicted octanol–water partition coefficient (Wildman–Crippen LogP) is 3.66. The number of ether oxygens (including phenoxy) is 1. The second-order valence-corrected chi connectivity index (χ2v) is 4.78. The summed E-state index contributed by atoms with van der Waals surface area (Å²) in [6.45, 7) is 5.31. The highest BCUT2D eigenvalue weighted by Crippen LogP contribution is 2.26. The van der Waals surface area contributed by atoms with Gasteiger partial charge in [-0.25, -0.2) is 0 Å². The molecule has 3 nitrogen and oxygen atoms in total. The van der Waals surface area contributed by atoms with Gasteiger partial charge in [0.2, 0.25) is 0 Å². The van der Waals surface area contributed by atoms with E-state index in [2.05, 4.69) is 0 Å². The molecule has 0 atom stereocenters. The van der Waals surface area contributed by atoms with Gasteiger partial charge in [0.15, 0.2) is 0 Å². The van der Waals surface area contributed by atoms with Crippen molar-refractivity contribution in [2.24, 2.45) is 0 Å². The van der Waals surface area contributed by atoms with Crippen molar-refractivity contribution in [3.05, 3.63) is 21.3 Å². The number of esters is 1. The molecule has 0 aliphatic rings. The molecule has 0 bridgehead atoms. The molecule has 17 heavy (non-hydrogen) atoms. The number of nitrogens with zero attached hydrogens (tertiary/aromatic N) is 1. The predicted molar refractivity (Wildman–Crippen MR) is 72.2 cm³/mol. The van der Waals surface area contributed by atoms with Crippen molar-refractivity contribution in [1.29, 1.82) is 0 Å². The van der Waals surface area contributed by atoms with Crippen LogP contribution in [-0.4, -0.2) is 30.6 Å². The van der Waals surface area contributed by atoms with E-state index >= 15 is 0 Å². The van der Waals surface area contributed by atoms with E-state index in [1.54, 1.807) is 33.9 Å². The number of carbonyl (C=O) groups excluding carboxylic acids is 1. The van der Waals surface area contributed by atoms with Crippen molar-refractivity contribution in [1.82, 2.24) is 4.90 Å². The number of rotatable bonds is 5. The van der Waals surface area contributed by atoms with Crippen LogP contribution in [0, 0.1) is 0 Å². The van der Waals surface area contributed by atoms with Gasteiger partial charge in [-0.3, -0.25) is 4.79 Å². The van der Waals surface area contributed by atoms with Gasteiger partial charge in [0.25, 0.3) is 0 Å². The minimum absolute atomic E-state index is 0.0150. The summed E-state index contributed by atoms with van der Waals surface area (Å²) < 4.78 is 4.99. The Hall–Kier alpha value is -0.380. The van der Waals surface area contributed by atoms with Crippen LogP contribution in [-0.2, 0) is 9.53 Å². The van der Waals surface area contributed by atoms with E-state index in [1.807, 2.05) is 0 Å². The van der Waals surface area contributed by atoms with E-state index in [0.717, 1.165) is 0 Å². The van der Waals surface area contributed by atoms with E-state index in [1.165, 1.54) is 4.90 Å². The van der Waals surface area contributed by atoms with Crippen molar-refractivity contribution in [2.75, 3.05) is 13.6 Å². The molecule has 98 valence electrons. The van der Waals surface area contributed by atoms with Crippen LogP contribution in [0.2, 0.25) is 0 Å². The zero-order chi connectivity index (χ0) is 13.6. The highest BCUT2D eigenvalue weighted by Gasteiger charge is 2.14. The third-order valence-electron chi connectivity index (χ3n) is 1.71. The first-order valence-electron chi connectivity index (χ1n) is 5.07. The lowest BCUT2D eigenvalue weighted by molar-refractivity contribution is -0.147. The van der Waals surface area contributed by atoms with Gasteiger partial charge in [-0.2, -0.15) is 0 Å². The van der Waals surface area contributed by atoms with Gasteiger partial charge in [-0.1, -0.05) is 40.9 Å². The summed E-state index contributed by atoms with van der Waals surface area (Å²) in [7, 11) is 1.63. The smallest absolute Gasteiger partial charge is 0.325 e. The van der Waals surface area contributed by atoms with Crippen LogP contribution in [0.5, 0.6) is 0 Å². The van der Waals surface area contributed by atoms with Crippen LogP contribution in [0.4, 0.5) is 0 Å². The van der Waals surface area contributed by atoms with Crippen LogP contribution in [0.3, 0.4) is 0 Å². The molecule has 0 aromatic heterocycles. The van der Waals surface area contributed by atoms with Crippen LogP contribution in [0.25, 0.3) is 0 Å². The quantitative estimate of drug-likeness (QED) is 0.441. The zero-order valence-corrected chi connectivity index (χ0v) is 12.5. The van der Waals surface area contributed by atoms with Crippen LogP contribution < -0.4 is 0 Å². The minimum atomic E-state index is -0.373. The molecule has 0 rings (SSSR count). The van der Waals surface area contributed by atoms with Gasteiger partial charge in [0.1, 0.15) is 11.7 Å². The van der Waals surface area contributed by atoms with Gasteiger partial charge in [0, 0.05) is 7.05 Å². The molecular formula is C11H16Cl3NO2. The lowest BCUT2D eigenvalue weighted by atomic mass is 10.4. The van der Waals surface area contributed by atoms with Gasteiger partial charge in [0.05, 0.1) is 16.2 Å². The van der Waals surface area contributed by atoms with Crippen LogP contribution >= 0.6 is 34.8 Å². The van der Waals surface area contributed by atoms with Crippen molar-refractivity contribution in [3.8, 4) is 0 Å². The lowest BCUT2D eigenvalue weighted by Crippen LogP contribution is -2.27. The van der Waals surface area contributed by atoms with Gasteiger partial charge in [-0.05, 0) is 20.8 Å². The van der Waals surface area contributed by atoms with Gasteiger partial charge < -0.3 is 9.64 Å². The summed E-state index contributed by atoms with van der Waals surface area (Å²) in [6, 6.07) is 0. The van der Waals surface area contributed by atoms with Gasteiger partial charge in [-0.15, -0.1) is 0 Å². The Morgan fingerprint density at radius 1 is 1.35 bits per heavy atom. The molecule has 0 aromatic rings. The molecular weight excluding hydrogens is 284 g/mol. The minimum Gasteiger partial charge on any atom is -0.462 e. The highest BCUT2D eigenvalue weighted by molar-refractivity contribution is 6.47. The fraction of sp³-hybridized carbons (Fsp3) is 0.545. The summed E-state index contributed by atoms with van der Waals surface area (Å²) in [5, 5.41) is 0.742. The Labute approximate surface area is 117 Å². The zero-order valence-electron chi connectivity index (χ0n) is 10.3. The van der Waals surface area contributed by atoms with E-state index in [9.17, 15) is 4.79 Å². The Kier molecular flexibility index (Phi) is 7.68. The third kappa shape index (κ3) is 6.20. The van der Waals surface area contributed by atoms with Crippen molar-refractivity contribution < 1.29 is 9.53 Å². The summed E-state index contributed by atoms with van der Waals surface area (Å²) in [5.41, 5.74) is 0. The summed E-state index contributed by atoms with van der Waals surface area (Å²) in [5.74, 6) is -0.373. The first-order valence-corrected chi connectivity index (χ1v) is 6.21. The average molecular weight is 301 g/mol. The maximum absolute atomic E-state index is 11.4. The molecule has 0 saturated heterocycles. The molecule has 0 N–H and O–H groups in total. The summed E-state index contributed by atoms with van der Waals surface area (Å²) in [6.07, 6.45) is 1.46. The number of carbonyl (C=O) groups is 1. The lowest BCUT2D eigenvalue weighted by Gasteiger charge is -2.19.